The van der Waals surface area contributed by atoms with E-state index >= 15 is 0 Å². The van der Waals surface area contributed by atoms with Crippen molar-refractivity contribution in [2.24, 2.45) is 0 Å². The number of nitrogens with one attached hydrogen (secondary N) is 6. The van der Waals surface area contributed by atoms with Gasteiger partial charge in [-0.1, -0.05) is 31.5 Å². The number of methoxy groups -OCH3 is 1. The predicted molar refractivity (Wildman–Crippen MR) is 297 cm³/mol. The number of hydrogen-bond acceptors (Lipinski definition) is 20. The Bertz CT molecular complexity index is 2820. The molecule has 2 aromatic carbocycles. The van der Waals surface area contributed by atoms with Gasteiger partial charge in [-0.2, -0.15) is 9.97 Å². The number of H-pyrrole nitrogens is 1. The van der Waals surface area contributed by atoms with Crippen molar-refractivity contribution in [1.29, 1.82) is 0 Å². The van der Waals surface area contributed by atoms with E-state index in [-0.39, 0.29) is 80.6 Å². The van der Waals surface area contributed by atoms with Crippen LogP contribution in [0.15, 0.2) is 53.3 Å². The zero-order valence-corrected chi connectivity index (χ0v) is 47.1. The maximum absolute atomic E-state index is 12.7. The Hall–Kier alpha value is -8.43. The summed E-state index contributed by atoms with van der Waals surface area (Å²) >= 11 is 0. The van der Waals surface area contributed by atoms with Crippen molar-refractivity contribution in [3.63, 3.8) is 0 Å². The van der Waals surface area contributed by atoms with Crippen molar-refractivity contribution in [1.82, 2.24) is 46.1 Å². The number of ether oxygens (including phenoxy) is 8. The number of hydrogen-bond donors (Lipinski definition) is 7. The maximum atomic E-state index is 12.7. The van der Waals surface area contributed by atoms with Gasteiger partial charge in [-0.05, 0) is 87.9 Å². The third-order valence-corrected chi connectivity index (χ3v) is 11.6. The van der Waals surface area contributed by atoms with Gasteiger partial charge < -0.3 is 75.2 Å². The van der Waals surface area contributed by atoms with E-state index in [1.165, 1.54) is 36.8 Å². The van der Waals surface area contributed by atoms with Gasteiger partial charge in [0.2, 0.25) is 23.6 Å². The number of amides is 5. The van der Waals surface area contributed by atoms with Crippen molar-refractivity contribution < 1.29 is 76.3 Å². The number of rotatable bonds is 39. The molecule has 0 fully saturated rings. The Morgan fingerprint density at radius 3 is 2.09 bits per heavy atom. The van der Waals surface area contributed by atoms with Crippen molar-refractivity contribution in [3.05, 3.63) is 75.7 Å². The van der Waals surface area contributed by atoms with Gasteiger partial charge in [-0.25, -0.2) is 9.59 Å². The Kier molecular flexibility index (Phi) is 29.6. The summed E-state index contributed by atoms with van der Waals surface area (Å²) in [5.74, 6) is -4.18. The summed E-state index contributed by atoms with van der Waals surface area (Å²) < 4.78 is 44.3. The second kappa shape index (κ2) is 36.8. The summed E-state index contributed by atoms with van der Waals surface area (Å²) in [4.78, 5) is 123. The molecule has 5 amide bonds. The van der Waals surface area contributed by atoms with E-state index in [0.717, 1.165) is 24.5 Å². The fourth-order valence-corrected chi connectivity index (χ4v) is 7.31. The van der Waals surface area contributed by atoms with Gasteiger partial charge >= 0.3 is 29.6 Å². The molecule has 0 unspecified atom stereocenters. The Balaban J connectivity index is 0.991. The van der Waals surface area contributed by atoms with Crippen LogP contribution in [0.4, 0.5) is 5.82 Å². The maximum Gasteiger partial charge on any atom is 0.328 e. The number of aromatic nitrogens is 4. The minimum absolute atomic E-state index is 0.0522. The molecule has 4 aromatic rings. The van der Waals surface area contributed by atoms with Crippen LogP contribution in [0.3, 0.4) is 0 Å². The number of nitrogens with zero attached hydrogens (tertiary/aromatic N) is 3. The number of esters is 3. The molecule has 0 saturated carbocycles. The van der Waals surface area contributed by atoms with Crippen LogP contribution in [0, 0.1) is 0 Å². The summed E-state index contributed by atoms with van der Waals surface area (Å²) in [6.45, 7) is 10.00. The molecular formula is C55H76N10O17. The van der Waals surface area contributed by atoms with Crippen molar-refractivity contribution in [2.75, 3.05) is 91.9 Å². The zero-order valence-electron chi connectivity index (χ0n) is 47.1. The number of nitrogen functional groups attached to an aromatic ring is 1. The molecule has 2 aromatic heterocycles. The highest BCUT2D eigenvalue weighted by Crippen LogP contribution is 2.29. The molecule has 2 atom stereocenters. The fraction of sp³-hybridized carbons (Fsp3) is 0.509. The number of carbonyl (C=O) groups is 8. The average Bonchev–Trinajstić information content (AvgIpc) is 3.50. The molecule has 2 heterocycles. The van der Waals surface area contributed by atoms with E-state index in [2.05, 4.69) is 41.5 Å². The van der Waals surface area contributed by atoms with Crippen LogP contribution in [-0.2, 0) is 63.8 Å². The lowest BCUT2D eigenvalue weighted by Crippen LogP contribution is -2.52. The van der Waals surface area contributed by atoms with Crippen LogP contribution in [-0.4, -0.2) is 165 Å². The quantitative estimate of drug-likeness (QED) is 0.0145. The minimum Gasteiger partial charge on any atom is -0.493 e. The second-order valence-corrected chi connectivity index (χ2v) is 18.0. The number of imidazole rings is 1. The summed E-state index contributed by atoms with van der Waals surface area (Å²) in [6.07, 6.45) is 4.97. The van der Waals surface area contributed by atoms with Gasteiger partial charge in [0.25, 0.3) is 5.91 Å². The van der Waals surface area contributed by atoms with Gasteiger partial charge in [0.05, 0.1) is 72.9 Å². The number of nitrogens with two attached hydrogens (primary N) is 1. The normalized spacial score (nSPS) is 11.8. The highest BCUT2D eigenvalue weighted by atomic mass is 16.6. The first kappa shape index (κ1) is 66.1. The smallest absolute Gasteiger partial charge is 0.328 e. The molecule has 4 rings (SSSR count). The van der Waals surface area contributed by atoms with Crippen LogP contribution in [0.5, 0.6) is 17.5 Å². The van der Waals surface area contributed by atoms with Crippen molar-refractivity contribution in [3.8, 4) is 17.5 Å². The summed E-state index contributed by atoms with van der Waals surface area (Å²) in [5, 5.41) is 12.9. The summed E-state index contributed by atoms with van der Waals surface area (Å²) in [7, 11) is 1.36. The van der Waals surface area contributed by atoms with E-state index in [1.807, 2.05) is 6.92 Å². The van der Waals surface area contributed by atoms with Gasteiger partial charge in [0.15, 0.2) is 23.0 Å². The lowest BCUT2D eigenvalue weighted by molar-refractivity contribution is -0.149. The molecule has 0 spiro atoms. The highest BCUT2D eigenvalue weighted by molar-refractivity contribution is 5.96. The zero-order chi connectivity index (χ0) is 59.7. The molecule has 0 bridgehead atoms. The van der Waals surface area contributed by atoms with Gasteiger partial charge in [0.1, 0.15) is 17.6 Å². The van der Waals surface area contributed by atoms with Crippen LogP contribution in [0.2, 0.25) is 0 Å². The van der Waals surface area contributed by atoms with Gasteiger partial charge in [-0.15, -0.1) is 0 Å². The molecule has 27 nitrogen and oxygen atoms in total. The Morgan fingerprint density at radius 1 is 0.732 bits per heavy atom. The third-order valence-electron chi connectivity index (χ3n) is 11.6. The Labute approximate surface area is 474 Å². The lowest BCUT2D eigenvalue weighted by Gasteiger charge is -2.20. The van der Waals surface area contributed by atoms with E-state index in [4.69, 9.17) is 43.6 Å². The van der Waals surface area contributed by atoms with Gasteiger partial charge in [0, 0.05) is 50.8 Å². The highest BCUT2D eigenvalue weighted by Gasteiger charge is 2.26. The number of carbonyl (C=O) groups excluding carboxylic acids is 8. The first-order valence-corrected chi connectivity index (χ1v) is 27.1. The van der Waals surface area contributed by atoms with E-state index in [1.54, 1.807) is 44.2 Å². The fourth-order valence-electron chi connectivity index (χ4n) is 7.31. The largest absolute Gasteiger partial charge is 0.493 e. The number of fused-ring (bicyclic) bond motifs is 1. The summed E-state index contributed by atoms with van der Waals surface area (Å²) in [5.41, 5.74) is 8.06. The molecule has 0 aliphatic rings. The molecule has 0 aliphatic heterocycles. The minimum atomic E-state index is -1.15. The van der Waals surface area contributed by atoms with E-state index in [9.17, 15) is 43.2 Å². The molecular weight excluding hydrogens is 1070 g/mol. The van der Waals surface area contributed by atoms with Crippen molar-refractivity contribution >= 4 is 70.5 Å². The number of anilines is 1. The van der Waals surface area contributed by atoms with Crippen LogP contribution >= 0.6 is 0 Å². The second-order valence-electron chi connectivity index (χ2n) is 18.0. The van der Waals surface area contributed by atoms with E-state index in [0.29, 0.717) is 94.5 Å². The molecule has 0 radical (unpaired) electrons. The average molecular weight is 1150 g/mol. The number of benzene rings is 2. The van der Waals surface area contributed by atoms with Crippen LogP contribution in [0.25, 0.3) is 17.2 Å². The lowest BCUT2D eigenvalue weighted by atomic mass is 10.1. The first-order valence-electron chi connectivity index (χ1n) is 27.1. The number of unbranched alkanes of at least 4 members (excludes halogenated alkanes) is 1. The molecule has 448 valence electrons. The SMILES string of the molecule is CCCCOc1nc(N)c2[nH]c(=O)n(Cc3ccc(C(=O)NCCCOCCOCCOCCCNC(=O)CCC(=O)Oc4ccc(/C=C/C(=O)NCC(=O)N[C@@H](C)C(=O)N[C@H](CCC(=O)OCC)C(=O)OCC)cc4OC)cc3)c2n1. The molecule has 0 saturated heterocycles. The first-order chi connectivity index (χ1) is 39.5. The molecule has 82 heavy (non-hydrogen) atoms. The van der Waals surface area contributed by atoms with Crippen LogP contribution < -0.4 is 52.2 Å². The molecule has 0 aliphatic carbocycles. The molecule has 8 N–H and O–H groups in total. The van der Waals surface area contributed by atoms with Crippen molar-refractivity contribution in [2.45, 2.75) is 97.7 Å². The summed E-state index contributed by atoms with van der Waals surface area (Å²) in [6, 6.07) is 9.30. The Morgan fingerprint density at radius 2 is 1.41 bits per heavy atom. The monoisotopic (exact) mass is 1150 g/mol. The molecule has 27 heteroatoms. The topological polar surface area (TPSA) is 360 Å². The number of aromatic amines is 1. The predicted octanol–water partition coefficient (Wildman–Crippen LogP) is 2.02. The third kappa shape index (κ3) is 24.1. The standard InChI is InChI=1S/C55H76N10O17/c1-6-9-28-81-54-63-49(56)48-50(64-54)65(55(74)62-48)35-38-12-16-39(17-13-38)52(72)58-25-11-27-77-30-32-78-31-29-76-26-10-24-57-43(66)21-23-47(70)82-41-19-14-37(33-42(41)75-5)15-20-44(67)59-34-45(68)60-36(4)51(71)61-40(53(73)80-8-3)18-22-46(69)79-7-2/h12-17,19-20,33,36,40H,6-11,18,21-32,34-35H2,1-5H3,(H,57,66)(H,58,72)(H,59,67)(H,60,68)(H,61,71)(H,62,74)(H2,56,63,64)/b20-15+/t36-,40+/m0/s1. The van der Waals surface area contributed by atoms with E-state index < -0.39 is 59.9 Å². The van der Waals surface area contributed by atoms with Gasteiger partial charge in [-0.3, -0.25) is 38.1 Å². The van der Waals surface area contributed by atoms with Crippen LogP contribution in [0.1, 0.15) is 101 Å².